The van der Waals surface area contributed by atoms with Crippen molar-refractivity contribution in [3.05, 3.63) is 29.3 Å². The number of piperidine rings is 1. The van der Waals surface area contributed by atoms with Crippen molar-refractivity contribution in [3.8, 4) is 5.75 Å². The summed E-state index contributed by atoms with van der Waals surface area (Å²) >= 11 is 5.83. The zero-order valence-corrected chi connectivity index (χ0v) is 15.2. The van der Waals surface area contributed by atoms with Gasteiger partial charge in [-0.25, -0.2) is 0 Å². The van der Waals surface area contributed by atoms with E-state index < -0.39 is 0 Å². The molecule has 0 aromatic heterocycles. The first-order valence-electron chi connectivity index (χ1n) is 8.12. The number of rotatable bonds is 5. The molecule has 2 N–H and O–H groups in total. The summed E-state index contributed by atoms with van der Waals surface area (Å²) in [6.07, 6.45) is 2.22. The Kier molecular flexibility index (Phi) is 5.58. The van der Waals surface area contributed by atoms with Crippen molar-refractivity contribution in [2.45, 2.75) is 64.1 Å². The molecule has 0 spiro atoms. The summed E-state index contributed by atoms with van der Waals surface area (Å²) in [6.45, 7) is 9.08. The first-order valence-corrected chi connectivity index (χ1v) is 8.50. The van der Waals surface area contributed by atoms with Gasteiger partial charge in [-0.1, -0.05) is 11.6 Å². The van der Waals surface area contributed by atoms with Crippen LogP contribution in [0.15, 0.2) is 24.3 Å². The fourth-order valence-corrected chi connectivity index (χ4v) is 3.64. The van der Waals surface area contributed by atoms with E-state index in [1.807, 2.05) is 0 Å². The molecule has 1 fully saturated rings. The highest BCUT2D eigenvalue weighted by molar-refractivity contribution is 6.30. The largest absolute Gasteiger partial charge is 0.493 e. The normalized spacial score (nSPS) is 20.0. The number of hydrogen-bond donors (Lipinski definition) is 2. The number of nitrogens with one attached hydrogen (secondary N) is 2. The number of carbonyl (C=O) groups excluding carboxylic acids is 1. The van der Waals surface area contributed by atoms with Crippen LogP contribution in [0.3, 0.4) is 0 Å². The van der Waals surface area contributed by atoms with E-state index >= 15 is 0 Å². The van der Waals surface area contributed by atoms with Gasteiger partial charge in [0.25, 0.3) is 0 Å². The van der Waals surface area contributed by atoms with E-state index in [0.717, 1.165) is 18.6 Å². The molecule has 1 amide bonds. The highest BCUT2D eigenvalue weighted by atomic mass is 35.5. The number of amides is 1. The van der Waals surface area contributed by atoms with E-state index in [-0.39, 0.29) is 23.0 Å². The number of hydrogen-bond acceptors (Lipinski definition) is 3. The zero-order valence-electron chi connectivity index (χ0n) is 14.4. The summed E-state index contributed by atoms with van der Waals surface area (Å²) in [5.74, 6) is 0.767. The van der Waals surface area contributed by atoms with Gasteiger partial charge in [0.1, 0.15) is 5.75 Å². The maximum Gasteiger partial charge on any atom is 0.223 e. The van der Waals surface area contributed by atoms with Gasteiger partial charge in [-0.3, -0.25) is 4.79 Å². The van der Waals surface area contributed by atoms with Gasteiger partial charge in [0.2, 0.25) is 5.91 Å². The minimum Gasteiger partial charge on any atom is -0.493 e. The van der Waals surface area contributed by atoms with Gasteiger partial charge in [-0.05, 0) is 64.8 Å². The maximum absolute atomic E-state index is 12.1. The van der Waals surface area contributed by atoms with Crippen molar-refractivity contribution in [1.82, 2.24) is 10.6 Å². The van der Waals surface area contributed by atoms with E-state index in [9.17, 15) is 4.79 Å². The second-order valence-corrected chi connectivity index (χ2v) is 8.05. The van der Waals surface area contributed by atoms with Crippen LogP contribution in [-0.2, 0) is 4.79 Å². The molecule has 1 aromatic rings. The van der Waals surface area contributed by atoms with Crippen LogP contribution in [-0.4, -0.2) is 29.6 Å². The Morgan fingerprint density at radius 2 is 1.78 bits per heavy atom. The third-order valence-corrected chi connectivity index (χ3v) is 4.22. The van der Waals surface area contributed by atoms with Crippen LogP contribution in [0.25, 0.3) is 0 Å². The molecule has 0 aliphatic carbocycles. The molecule has 0 bridgehead atoms. The van der Waals surface area contributed by atoms with Crippen LogP contribution < -0.4 is 15.4 Å². The number of ether oxygens (including phenoxy) is 1. The lowest BCUT2D eigenvalue weighted by molar-refractivity contribution is -0.122. The SMILES string of the molecule is CC1(C)CC(NC(=O)CCOc2ccc(Cl)cc2)CC(C)(C)N1. The molecule has 4 nitrogen and oxygen atoms in total. The molecule has 1 aromatic carbocycles. The molecule has 0 radical (unpaired) electrons. The maximum atomic E-state index is 12.1. The van der Waals surface area contributed by atoms with Gasteiger partial charge >= 0.3 is 0 Å². The Hall–Kier alpha value is -1.26. The first-order chi connectivity index (χ1) is 10.7. The van der Waals surface area contributed by atoms with Crippen LogP contribution in [0.4, 0.5) is 0 Å². The first kappa shape index (κ1) is 18.1. The number of halogens is 1. The smallest absolute Gasteiger partial charge is 0.223 e. The van der Waals surface area contributed by atoms with Crippen molar-refractivity contribution in [1.29, 1.82) is 0 Å². The summed E-state index contributed by atoms with van der Waals surface area (Å²) in [6, 6.07) is 7.35. The molecule has 1 aliphatic heterocycles. The number of carbonyl (C=O) groups is 1. The molecule has 0 unspecified atom stereocenters. The van der Waals surface area contributed by atoms with Gasteiger partial charge in [-0.15, -0.1) is 0 Å². The molecule has 1 aliphatic rings. The van der Waals surface area contributed by atoms with Crippen molar-refractivity contribution in [2.75, 3.05) is 6.61 Å². The molecule has 23 heavy (non-hydrogen) atoms. The van der Waals surface area contributed by atoms with E-state index in [0.29, 0.717) is 18.1 Å². The third kappa shape index (κ3) is 6.04. The van der Waals surface area contributed by atoms with Crippen LogP contribution >= 0.6 is 11.6 Å². The highest BCUT2D eigenvalue weighted by Crippen LogP contribution is 2.28. The van der Waals surface area contributed by atoms with E-state index in [1.54, 1.807) is 24.3 Å². The average molecular weight is 339 g/mol. The van der Waals surface area contributed by atoms with Crippen molar-refractivity contribution in [2.24, 2.45) is 0 Å². The quantitative estimate of drug-likeness (QED) is 0.863. The van der Waals surface area contributed by atoms with Gasteiger partial charge in [0.05, 0.1) is 13.0 Å². The lowest BCUT2D eigenvalue weighted by Crippen LogP contribution is -2.62. The average Bonchev–Trinajstić information content (AvgIpc) is 2.37. The van der Waals surface area contributed by atoms with Gasteiger partial charge in [0, 0.05) is 22.1 Å². The fraction of sp³-hybridized carbons (Fsp3) is 0.611. The topological polar surface area (TPSA) is 50.4 Å². The van der Waals surface area contributed by atoms with Gasteiger partial charge in [-0.2, -0.15) is 0 Å². The highest BCUT2D eigenvalue weighted by Gasteiger charge is 2.38. The summed E-state index contributed by atoms with van der Waals surface area (Å²) < 4.78 is 5.57. The fourth-order valence-electron chi connectivity index (χ4n) is 3.52. The second-order valence-electron chi connectivity index (χ2n) is 7.62. The molecule has 1 heterocycles. The molecule has 0 saturated carbocycles. The summed E-state index contributed by atoms with van der Waals surface area (Å²) in [5.41, 5.74) is 0.0546. The Balaban J connectivity index is 1.77. The lowest BCUT2D eigenvalue weighted by atomic mass is 9.79. The minimum atomic E-state index is 0.0273. The molecular weight excluding hydrogens is 312 g/mol. The Morgan fingerprint density at radius 1 is 1.22 bits per heavy atom. The van der Waals surface area contributed by atoms with Crippen molar-refractivity contribution >= 4 is 17.5 Å². The Labute approximate surface area is 143 Å². The number of benzene rings is 1. The summed E-state index contributed by atoms with van der Waals surface area (Å²) in [5, 5.41) is 7.44. The predicted molar refractivity (Wildman–Crippen MR) is 94.0 cm³/mol. The molecule has 128 valence electrons. The Morgan fingerprint density at radius 3 is 2.35 bits per heavy atom. The molecule has 2 rings (SSSR count). The van der Waals surface area contributed by atoms with Gasteiger partial charge in [0.15, 0.2) is 0 Å². The van der Waals surface area contributed by atoms with Gasteiger partial charge < -0.3 is 15.4 Å². The predicted octanol–water partition coefficient (Wildman–Crippen LogP) is 3.53. The van der Waals surface area contributed by atoms with Crippen LogP contribution in [0, 0.1) is 0 Å². The monoisotopic (exact) mass is 338 g/mol. The third-order valence-electron chi connectivity index (χ3n) is 3.97. The van der Waals surface area contributed by atoms with Crippen molar-refractivity contribution < 1.29 is 9.53 Å². The molecule has 0 atom stereocenters. The summed E-state index contributed by atoms with van der Waals surface area (Å²) in [7, 11) is 0. The molecule has 1 saturated heterocycles. The molecule has 5 heteroatoms. The van der Waals surface area contributed by atoms with Crippen LogP contribution in [0.1, 0.15) is 47.0 Å². The standard InChI is InChI=1S/C18H27ClN2O2/c1-17(2)11-14(12-18(3,4)21-17)20-16(22)9-10-23-15-7-5-13(19)6-8-15/h5-8,14,21H,9-12H2,1-4H3,(H,20,22). The zero-order chi connectivity index (χ0) is 17.1. The second kappa shape index (κ2) is 7.10. The Bertz CT molecular complexity index is 524. The molecular formula is C18H27ClN2O2. The lowest BCUT2D eigenvalue weighted by Gasteiger charge is -2.46. The van der Waals surface area contributed by atoms with E-state index in [1.165, 1.54) is 0 Å². The van der Waals surface area contributed by atoms with Crippen LogP contribution in [0.5, 0.6) is 5.75 Å². The van der Waals surface area contributed by atoms with Crippen molar-refractivity contribution in [3.63, 3.8) is 0 Å². The summed E-state index contributed by atoms with van der Waals surface area (Å²) in [4.78, 5) is 12.1. The van der Waals surface area contributed by atoms with E-state index in [2.05, 4.69) is 38.3 Å². The van der Waals surface area contributed by atoms with Crippen LogP contribution in [0.2, 0.25) is 5.02 Å². The minimum absolute atomic E-state index is 0.0273. The van der Waals surface area contributed by atoms with E-state index in [4.69, 9.17) is 16.3 Å².